The maximum Gasteiger partial charge on any atom is 0.224 e. The van der Waals surface area contributed by atoms with Gasteiger partial charge in [0.25, 0.3) is 0 Å². The number of allylic oxidation sites excluding steroid dienone is 1. The molecule has 68 valence electrons. The molecule has 4 nitrogen and oxygen atoms in total. The lowest BCUT2D eigenvalue weighted by molar-refractivity contribution is 0.172. The van der Waals surface area contributed by atoms with Crippen molar-refractivity contribution in [2.75, 3.05) is 6.61 Å². The molecule has 2 heterocycles. The Bertz CT molecular complexity index is 212. The van der Waals surface area contributed by atoms with E-state index < -0.39 is 0 Å². The molecule has 2 N–H and O–H groups in total. The van der Waals surface area contributed by atoms with Gasteiger partial charge >= 0.3 is 0 Å². The van der Waals surface area contributed by atoms with Crippen molar-refractivity contribution in [2.24, 2.45) is 0 Å². The van der Waals surface area contributed by atoms with Gasteiger partial charge < -0.3 is 4.74 Å². The molecule has 0 saturated heterocycles. The van der Waals surface area contributed by atoms with Crippen LogP contribution in [-0.4, -0.2) is 17.7 Å². The molecular weight excluding hydrogens is 154 g/mol. The van der Waals surface area contributed by atoms with Gasteiger partial charge in [0.1, 0.15) is 0 Å². The lowest BCUT2D eigenvalue weighted by atomic mass is 10.2. The summed E-state index contributed by atoms with van der Waals surface area (Å²) in [5.74, 6) is 0.912. The quantitative estimate of drug-likeness (QED) is 0.606. The zero-order valence-electron chi connectivity index (χ0n) is 7.55. The molecule has 0 aromatic rings. The highest BCUT2D eigenvalue weighted by Gasteiger charge is 2.27. The fourth-order valence-electron chi connectivity index (χ4n) is 1.57. The van der Waals surface area contributed by atoms with Crippen molar-refractivity contribution < 1.29 is 4.74 Å². The second kappa shape index (κ2) is 2.86. The van der Waals surface area contributed by atoms with Gasteiger partial charge in [-0.3, -0.25) is 10.4 Å². The molecule has 0 atom stereocenters. The van der Waals surface area contributed by atoms with Crippen LogP contribution in [0, 0.1) is 0 Å². The topological polar surface area (TPSA) is 36.5 Å². The van der Waals surface area contributed by atoms with Crippen molar-refractivity contribution in [1.82, 2.24) is 16.0 Å². The van der Waals surface area contributed by atoms with Crippen LogP contribution < -0.4 is 11.0 Å². The molecule has 0 bridgehead atoms. The molecule has 0 saturated carbocycles. The highest BCUT2D eigenvalue weighted by molar-refractivity contribution is 5.11. The Balaban J connectivity index is 2.16. The van der Waals surface area contributed by atoms with Gasteiger partial charge in [0, 0.05) is 6.04 Å². The molecule has 12 heavy (non-hydrogen) atoms. The van der Waals surface area contributed by atoms with E-state index in [1.54, 1.807) is 0 Å². The first-order chi connectivity index (χ1) is 5.79. The number of hydrogen-bond donors (Lipinski definition) is 2. The van der Waals surface area contributed by atoms with Crippen LogP contribution in [0.1, 0.15) is 26.7 Å². The first-order valence-electron chi connectivity index (χ1n) is 4.46. The number of ether oxygens (including phenoxy) is 1. The average Bonchev–Trinajstić information content (AvgIpc) is 2.47. The van der Waals surface area contributed by atoms with Crippen LogP contribution in [0.2, 0.25) is 0 Å². The predicted molar refractivity (Wildman–Crippen MR) is 45.5 cm³/mol. The standard InChI is InChI=1S/C8H15N3O/c1-6(2)11-7-4-3-5-12-8(7)9-10-11/h6,9-10H,3-5H2,1-2H3. The summed E-state index contributed by atoms with van der Waals surface area (Å²) in [4.78, 5) is 0. The lowest BCUT2D eigenvalue weighted by Gasteiger charge is -2.25. The van der Waals surface area contributed by atoms with E-state index in [9.17, 15) is 0 Å². The summed E-state index contributed by atoms with van der Waals surface area (Å²) >= 11 is 0. The summed E-state index contributed by atoms with van der Waals surface area (Å²) in [5, 5.41) is 2.12. The molecule has 0 fully saturated rings. The van der Waals surface area contributed by atoms with Crippen molar-refractivity contribution in [3.05, 3.63) is 11.6 Å². The number of rotatable bonds is 1. The van der Waals surface area contributed by atoms with Crippen LogP contribution in [0.4, 0.5) is 0 Å². The molecule has 0 unspecified atom stereocenters. The van der Waals surface area contributed by atoms with Gasteiger partial charge in [0.2, 0.25) is 5.88 Å². The van der Waals surface area contributed by atoms with E-state index in [-0.39, 0.29) is 0 Å². The van der Waals surface area contributed by atoms with E-state index in [1.807, 2.05) is 0 Å². The van der Waals surface area contributed by atoms with E-state index in [0.717, 1.165) is 25.3 Å². The van der Waals surface area contributed by atoms with Gasteiger partial charge in [0.05, 0.1) is 12.3 Å². The van der Waals surface area contributed by atoms with Gasteiger partial charge in [-0.25, -0.2) is 0 Å². The Morgan fingerprint density at radius 3 is 3.08 bits per heavy atom. The lowest BCUT2D eigenvalue weighted by Crippen LogP contribution is -2.42. The SMILES string of the molecule is CC(C)N1NNC2=C1CCCO2. The molecule has 0 aromatic heterocycles. The van der Waals surface area contributed by atoms with Crippen LogP contribution in [0.25, 0.3) is 0 Å². The molecule has 0 aromatic carbocycles. The Kier molecular flexibility index (Phi) is 1.84. The molecule has 0 aliphatic carbocycles. The second-order valence-electron chi connectivity index (χ2n) is 3.43. The fraction of sp³-hybridized carbons (Fsp3) is 0.750. The van der Waals surface area contributed by atoms with E-state index in [1.165, 1.54) is 5.70 Å². The van der Waals surface area contributed by atoms with Gasteiger partial charge in [-0.2, -0.15) is 0 Å². The largest absolute Gasteiger partial charge is 0.477 e. The van der Waals surface area contributed by atoms with E-state index in [0.29, 0.717) is 6.04 Å². The van der Waals surface area contributed by atoms with Gasteiger partial charge in [-0.15, -0.1) is 5.53 Å². The van der Waals surface area contributed by atoms with E-state index in [4.69, 9.17) is 4.74 Å². The Hall–Kier alpha value is -0.900. The number of nitrogens with zero attached hydrogens (tertiary/aromatic N) is 1. The third kappa shape index (κ3) is 1.12. The first kappa shape index (κ1) is 7.73. The zero-order valence-corrected chi connectivity index (χ0v) is 7.55. The fourth-order valence-corrected chi connectivity index (χ4v) is 1.57. The van der Waals surface area contributed by atoms with Crippen LogP contribution >= 0.6 is 0 Å². The number of nitrogens with one attached hydrogen (secondary N) is 2. The van der Waals surface area contributed by atoms with Crippen molar-refractivity contribution in [1.29, 1.82) is 0 Å². The average molecular weight is 169 g/mol. The molecule has 4 heteroatoms. The molecule has 2 aliphatic rings. The Labute approximate surface area is 72.5 Å². The van der Waals surface area contributed by atoms with Crippen molar-refractivity contribution >= 4 is 0 Å². The van der Waals surface area contributed by atoms with Crippen LogP contribution in [0.15, 0.2) is 11.6 Å². The van der Waals surface area contributed by atoms with Gasteiger partial charge in [-0.1, -0.05) is 0 Å². The minimum atomic E-state index is 0.465. The molecule has 0 spiro atoms. The molecule has 2 aliphatic heterocycles. The summed E-state index contributed by atoms with van der Waals surface area (Å²) in [6.45, 7) is 5.14. The minimum Gasteiger partial charge on any atom is -0.477 e. The summed E-state index contributed by atoms with van der Waals surface area (Å²) in [6, 6.07) is 0.465. The first-order valence-corrected chi connectivity index (χ1v) is 4.46. The smallest absolute Gasteiger partial charge is 0.224 e. The van der Waals surface area contributed by atoms with Gasteiger partial charge in [-0.05, 0) is 26.7 Å². The highest BCUT2D eigenvalue weighted by Crippen LogP contribution is 2.24. The maximum absolute atomic E-state index is 5.45. The minimum absolute atomic E-state index is 0.465. The Morgan fingerprint density at radius 1 is 1.50 bits per heavy atom. The summed E-state index contributed by atoms with van der Waals surface area (Å²) in [6.07, 6.45) is 2.22. The normalized spacial score (nSPS) is 22.4. The predicted octanol–water partition coefficient (Wildman–Crippen LogP) is 0.699. The van der Waals surface area contributed by atoms with E-state index >= 15 is 0 Å². The number of hydrazine groups is 2. The molecule has 0 radical (unpaired) electrons. The van der Waals surface area contributed by atoms with Crippen LogP contribution in [-0.2, 0) is 4.74 Å². The van der Waals surface area contributed by atoms with Crippen molar-refractivity contribution in [3.63, 3.8) is 0 Å². The van der Waals surface area contributed by atoms with Crippen molar-refractivity contribution in [2.45, 2.75) is 32.7 Å². The second-order valence-corrected chi connectivity index (χ2v) is 3.43. The number of hydrogen-bond acceptors (Lipinski definition) is 4. The molecule has 2 rings (SSSR count). The third-order valence-electron chi connectivity index (χ3n) is 2.16. The van der Waals surface area contributed by atoms with Crippen molar-refractivity contribution in [3.8, 4) is 0 Å². The molecule has 0 amide bonds. The summed E-state index contributed by atoms with van der Waals surface area (Å²) in [5.41, 5.74) is 7.37. The third-order valence-corrected chi connectivity index (χ3v) is 2.16. The monoisotopic (exact) mass is 169 g/mol. The van der Waals surface area contributed by atoms with E-state index in [2.05, 4.69) is 29.8 Å². The summed E-state index contributed by atoms with van der Waals surface area (Å²) in [7, 11) is 0. The van der Waals surface area contributed by atoms with Crippen LogP contribution in [0.3, 0.4) is 0 Å². The molecular formula is C8H15N3O. The van der Waals surface area contributed by atoms with Gasteiger partial charge in [0.15, 0.2) is 0 Å². The Morgan fingerprint density at radius 2 is 2.33 bits per heavy atom. The highest BCUT2D eigenvalue weighted by atomic mass is 16.5. The zero-order chi connectivity index (χ0) is 8.55. The van der Waals surface area contributed by atoms with Crippen LogP contribution in [0.5, 0.6) is 0 Å². The maximum atomic E-state index is 5.45. The summed E-state index contributed by atoms with van der Waals surface area (Å²) < 4.78 is 5.45.